The summed E-state index contributed by atoms with van der Waals surface area (Å²) in [5, 5.41) is 3.91. The van der Waals surface area contributed by atoms with Gasteiger partial charge in [-0.05, 0) is 41.8 Å². The van der Waals surface area contributed by atoms with E-state index in [9.17, 15) is 0 Å². The molecule has 2 heterocycles. The minimum absolute atomic E-state index is 0.230. The molecule has 1 aliphatic rings. The Bertz CT molecular complexity index is 369. The number of anilines is 1. The molecule has 0 bridgehead atoms. The van der Waals surface area contributed by atoms with Gasteiger partial charge in [0.05, 0.1) is 17.2 Å². The molecule has 1 aromatic heterocycles. The van der Waals surface area contributed by atoms with Gasteiger partial charge in [0.25, 0.3) is 0 Å². The van der Waals surface area contributed by atoms with Crippen LogP contribution < -0.4 is 5.32 Å². The maximum atomic E-state index is 6.08. The van der Waals surface area contributed by atoms with Gasteiger partial charge in [0.1, 0.15) is 5.82 Å². The largest absolute Gasteiger partial charge is 0.376 e. The summed E-state index contributed by atoms with van der Waals surface area (Å²) < 4.78 is 6.49. The predicted molar refractivity (Wildman–Crippen MR) is 69.0 cm³/mol. The summed E-state index contributed by atoms with van der Waals surface area (Å²) >= 11 is 9.41. The summed E-state index contributed by atoms with van der Waals surface area (Å²) in [6.07, 6.45) is 4.23. The van der Waals surface area contributed by atoms with Gasteiger partial charge in [0.15, 0.2) is 0 Å². The van der Waals surface area contributed by atoms with E-state index in [1.54, 1.807) is 6.20 Å². The Labute approximate surface area is 109 Å². The summed E-state index contributed by atoms with van der Waals surface area (Å²) in [5.41, 5.74) is 0. The second-order valence-corrected chi connectivity index (χ2v) is 5.29. The number of halogens is 2. The van der Waals surface area contributed by atoms with E-state index < -0.39 is 0 Å². The van der Waals surface area contributed by atoms with Gasteiger partial charge in [-0.2, -0.15) is 0 Å². The number of rotatable bonds is 3. The second-order valence-electron chi connectivity index (χ2n) is 3.97. The second kappa shape index (κ2) is 5.34. The number of hydrogen-bond donors (Lipinski definition) is 1. The SMILES string of the molecule is CC(Nc1ncc(Br)cc1Cl)C1CCCO1. The molecular weight excluding hydrogens is 291 g/mol. The van der Waals surface area contributed by atoms with Crippen LogP contribution in [0.4, 0.5) is 5.82 Å². The van der Waals surface area contributed by atoms with Gasteiger partial charge in [0, 0.05) is 17.3 Å². The van der Waals surface area contributed by atoms with Crippen LogP contribution in [0.5, 0.6) is 0 Å². The van der Waals surface area contributed by atoms with Crippen molar-refractivity contribution in [1.82, 2.24) is 4.98 Å². The Morgan fingerprint density at radius 3 is 3.12 bits per heavy atom. The molecule has 0 spiro atoms. The van der Waals surface area contributed by atoms with Crippen molar-refractivity contribution in [3.63, 3.8) is 0 Å². The average Bonchev–Trinajstić information content (AvgIpc) is 2.75. The first-order valence-corrected chi connectivity index (χ1v) is 6.53. The van der Waals surface area contributed by atoms with Crippen LogP contribution in [0.25, 0.3) is 0 Å². The van der Waals surface area contributed by atoms with Gasteiger partial charge in [0.2, 0.25) is 0 Å². The molecule has 1 N–H and O–H groups in total. The van der Waals surface area contributed by atoms with Crippen molar-refractivity contribution in [2.75, 3.05) is 11.9 Å². The molecule has 1 aromatic rings. The van der Waals surface area contributed by atoms with Crippen molar-refractivity contribution in [2.45, 2.75) is 31.9 Å². The number of nitrogens with zero attached hydrogens (tertiary/aromatic N) is 1. The van der Waals surface area contributed by atoms with E-state index in [-0.39, 0.29) is 12.1 Å². The third kappa shape index (κ3) is 2.87. The lowest BCUT2D eigenvalue weighted by Gasteiger charge is -2.21. The number of hydrogen-bond acceptors (Lipinski definition) is 3. The van der Waals surface area contributed by atoms with E-state index in [1.165, 1.54) is 0 Å². The normalized spacial score (nSPS) is 22.1. The number of nitrogens with one attached hydrogen (secondary N) is 1. The number of ether oxygens (including phenoxy) is 1. The average molecular weight is 306 g/mol. The molecule has 16 heavy (non-hydrogen) atoms. The standard InChI is InChI=1S/C11H14BrClN2O/c1-7(10-3-2-4-16-10)15-11-9(13)5-8(12)6-14-11/h5-7,10H,2-4H2,1H3,(H,14,15). The smallest absolute Gasteiger partial charge is 0.145 e. The Kier molecular flexibility index (Phi) is 4.05. The molecule has 5 heteroatoms. The number of pyridine rings is 1. The van der Waals surface area contributed by atoms with Gasteiger partial charge >= 0.3 is 0 Å². The van der Waals surface area contributed by atoms with E-state index in [1.807, 2.05) is 6.07 Å². The molecule has 1 saturated heterocycles. The maximum absolute atomic E-state index is 6.08. The summed E-state index contributed by atoms with van der Waals surface area (Å²) in [6.45, 7) is 2.95. The molecule has 88 valence electrons. The summed E-state index contributed by atoms with van der Waals surface area (Å²) in [5.74, 6) is 0.716. The molecule has 2 unspecified atom stereocenters. The third-order valence-corrected chi connectivity index (χ3v) is 3.42. The van der Waals surface area contributed by atoms with E-state index in [4.69, 9.17) is 16.3 Å². The Balaban J connectivity index is 2.02. The highest BCUT2D eigenvalue weighted by Crippen LogP contribution is 2.25. The van der Waals surface area contributed by atoms with E-state index in [2.05, 4.69) is 33.2 Å². The third-order valence-electron chi connectivity index (χ3n) is 2.69. The summed E-state index contributed by atoms with van der Waals surface area (Å²) in [7, 11) is 0. The van der Waals surface area contributed by atoms with Crippen LogP contribution in [0.3, 0.4) is 0 Å². The van der Waals surface area contributed by atoms with E-state index in [0.717, 1.165) is 23.9 Å². The monoisotopic (exact) mass is 304 g/mol. The lowest BCUT2D eigenvalue weighted by atomic mass is 10.1. The van der Waals surface area contributed by atoms with Crippen molar-refractivity contribution in [3.8, 4) is 0 Å². The van der Waals surface area contributed by atoms with Crippen molar-refractivity contribution >= 4 is 33.3 Å². The summed E-state index contributed by atoms with van der Waals surface area (Å²) in [6, 6.07) is 2.06. The molecule has 0 aliphatic carbocycles. The van der Waals surface area contributed by atoms with Crippen molar-refractivity contribution in [3.05, 3.63) is 21.8 Å². The predicted octanol–water partition coefficient (Wildman–Crippen LogP) is 3.48. The maximum Gasteiger partial charge on any atom is 0.145 e. The van der Waals surface area contributed by atoms with Crippen LogP contribution >= 0.6 is 27.5 Å². The molecule has 0 radical (unpaired) electrons. The van der Waals surface area contributed by atoms with E-state index >= 15 is 0 Å². The fraction of sp³-hybridized carbons (Fsp3) is 0.545. The van der Waals surface area contributed by atoms with Gasteiger partial charge in [-0.3, -0.25) is 0 Å². The van der Waals surface area contributed by atoms with Crippen LogP contribution in [0.1, 0.15) is 19.8 Å². The highest BCUT2D eigenvalue weighted by atomic mass is 79.9. The lowest BCUT2D eigenvalue weighted by Crippen LogP contribution is -2.30. The highest BCUT2D eigenvalue weighted by Gasteiger charge is 2.22. The molecule has 2 atom stereocenters. The molecule has 3 nitrogen and oxygen atoms in total. The summed E-state index contributed by atoms with van der Waals surface area (Å²) in [4.78, 5) is 4.24. The van der Waals surface area contributed by atoms with Crippen LogP contribution in [0.15, 0.2) is 16.7 Å². The fourth-order valence-corrected chi connectivity index (χ4v) is 2.51. The highest BCUT2D eigenvalue weighted by molar-refractivity contribution is 9.10. The topological polar surface area (TPSA) is 34.2 Å². The minimum Gasteiger partial charge on any atom is -0.376 e. The van der Waals surface area contributed by atoms with E-state index in [0.29, 0.717) is 10.8 Å². The Hall–Kier alpha value is -0.320. The molecule has 0 aromatic carbocycles. The quantitative estimate of drug-likeness (QED) is 0.928. The molecule has 0 saturated carbocycles. The zero-order valence-corrected chi connectivity index (χ0v) is 11.4. The Morgan fingerprint density at radius 1 is 1.69 bits per heavy atom. The molecule has 1 aliphatic heterocycles. The van der Waals surface area contributed by atoms with Gasteiger partial charge in [-0.25, -0.2) is 4.98 Å². The van der Waals surface area contributed by atoms with Crippen LogP contribution in [0, 0.1) is 0 Å². The first-order valence-electron chi connectivity index (χ1n) is 5.36. The van der Waals surface area contributed by atoms with Crippen LogP contribution in [-0.2, 0) is 4.74 Å². The van der Waals surface area contributed by atoms with Crippen molar-refractivity contribution < 1.29 is 4.74 Å². The van der Waals surface area contributed by atoms with Crippen LogP contribution in [0.2, 0.25) is 5.02 Å². The molecule has 1 fully saturated rings. The molecular formula is C11H14BrClN2O. The first-order chi connectivity index (χ1) is 7.66. The van der Waals surface area contributed by atoms with Gasteiger partial charge in [-0.15, -0.1) is 0 Å². The van der Waals surface area contributed by atoms with Crippen molar-refractivity contribution in [2.24, 2.45) is 0 Å². The first kappa shape index (κ1) is 12.1. The van der Waals surface area contributed by atoms with Gasteiger partial charge in [-0.1, -0.05) is 11.6 Å². The molecule has 2 rings (SSSR count). The number of aromatic nitrogens is 1. The zero-order chi connectivity index (χ0) is 11.5. The lowest BCUT2D eigenvalue weighted by molar-refractivity contribution is 0.0995. The fourth-order valence-electron chi connectivity index (χ4n) is 1.83. The van der Waals surface area contributed by atoms with Crippen LogP contribution in [-0.4, -0.2) is 23.7 Å². The minimum atomic E-state index is 0.230. The Morgan fingerprint density at radius 2 is 2.50 bits per heavy atom. The zero-order valence-electron chi connectivity index (χ0n) is 9.04. The van der Waals surface area contributed by atoms with Crippen molar-refractivity contribution in [1.29, 1.82) is 0 Å². The van der Waals surface area contributed by atoms with Gasteiger partial charge < -0.3 is 10.1 Å². The molecule has 0 amide bonds.